The minimum absolute atomic E-state index is 0.157. The Kier molecular flexibility index (Phi) is 6.67. The first kappa shape index (κ1) is 17.9. The molecule has 0 saturated carbocycles. The molecule has 0 spiro atoms. The van der Waals surface area contributed by atoms with Crippen LogP contribution in [0.15, 0.2) is 24.3 Å². The molecule has 0 radical (unpaired) electrons. The molecule has 0 amide bonds. The molecule has 1 aliphatic heterocycles. The Morgan fingerprint density at radius 3 is 2.79 bits per heavy atom. The Labute approximate surface area is 146 Å². The molecular weight excluding hydrogens is 300 g/mol. The van der Waals surface area contributed by atoms with Crippen molar-refractivity contribution in [3.05, 3.63) is 35.4 Å². The summed E-state index contributed by atoms with van der Waals surface area (Å²) in [4.78, 5) is 4.88. The maximum atomic E-state index is 10.4. The number of hydrogen-bond acceptors (Lipinski definition) is 4. The Morgan fingerprint density at radius 1 is 1.12 bits per heavy atom. The lowest BCUT2D eigenvalue weighted by atomic mass is 9.89. The van der Waals surface area contributed by atoms with Crippen LogP contribution >= 0.6 is 0 Å². The quantitative estimate of drug-likeness (QED) is 0.868. The van der Waals surface area contributed by atoms with E-state index in [1.165, 1.54) is 30.5 Å². The normalized spacial score (nSPS) is 24.3. The van der Waals surface area contributed by atoms with Crippen molar-refractivity contribution in [2.45, 2.75) is 44.8 Å². The van der Waals surface area contributed by atoms with Crippen molar-refractivity contribution in [2.24, 2.45) is 0 Å². The molecule has 1 heterocycles. The summed E-state index contributed by atoms with van der Waals surface area (Å²) in [7, 11) is 0. The largest absolute Gasteiger partial charge is 0.389 e. The van der Waals surface area contributed by atoms with Gasteiger partial charge in [-0.1, -0.05) is 31.2 Å². The fourth-order valence-electron chi connectivity index (χ4n) is 3.98. The Balaban J connectivity index is 1.45. The van der Waals surface area contributed by atoms with Gasteiger partial charge in [-0.2, -0.15) is 0 Å². The van der Waals surface area contributed by atoms with Crippen molar-refractivity contribution in [3.8, 4) is 0 Å². The third-order valence-electron chi connectivity index (χ3n) is 5.40. The van der Waals surface area contributed by atoms with Gasteiger partial charge in [0.15, 0.2) is 0 Å². The van der Waals surface area contributed by atoms with E-state index in [4.69, 9.17) is 4.74 Å². The number of ether oxygens (including phenoxy) is 1. The van der Waals surface area contributed by atoms with Gasteiger partial charge in [0, 0.05) is 19.6 Å². The average Bonchev–Trinajstić information content (AvgIpc) is 2.85. The maximum Gasteiger partial charge on any atom is 0.0900 e. The Bertz CT molecular complexity index is 508. The maximum absolute atomic E-state index is 10.4. The number of β-amino-alcohol motifs (C(OH)–C–C–N with tert-alkyl or cyclic N) is 1. The standard InChI is InChI=1S/C20H32N2O2/c1-2-21-11-6-12-22(14-13-21)15-18(23)16-24-20-10-5-8-17-7-3-4-9-19(17)20/h3-4,7,9,18,20,23H,2,5-6,8,10-16H2,1H3. The summed E-state index contributed by atoms with van der Waals surface area (Å²) in [6, 6.07) is 8.58. The van der Waals surface area contributed by atoms with Gasteiger partial charge >= 0.3 is 0 Å². The van der Waals surface area contributed by atoms with E-state index in [0.29, 0.717) is 6.61 Å². The molecule has 1 saturated heterocycles. The number of nitrogens with zero attached hydrogens (tertiary/aromatic N) is 2. The molecule has 0 aromatic heterocycles. The highest BCUT2D eigenvalue weighted by atomic mass is 16.5. The number of likely N-dealkylation sites (N-methyl/N-ethyl adjacent to an activating group) is 1. The van der Waals surface area contributed by atoms with Crippen LogP contribution in [0.2, 0.25) is 0 Å². The molecular formula is C20H32N2O2. The SMILES string of the molecule is CCN1CCCN(CC(O)COC2CCCc3ccccc32)CC1. The van der Waals surface area contributed by atoms with Crippen LogP contribution in [-0.2, 0) is 11.2 Å². The van der Waals surface area contributed by atoms with E-state index in [2.05, 4.69) is 41.0 Å². The minimum Gasteiger partial charge on any atom is -0.389 e. The van der Waals surface area contributed by atoms with E-state index >= 15 is 0 Å². The Hall–Kier alpha value is -0.940. The zero-order valence-corrected chi connectivity index (χ0v) is 15.0. The third kappa shape index (κ3) is 4.79. The topological polar surface area (TPSA) is 35.9 Å². The first-order valence-corrected chi connectivity index (χ1v) is 9.58. The van der Waals surface area contributed by atoms with Gasteiger partial charge in [0.25, 0.3) is 0 Å². The molecule has 2 aliphatic rings. The summed E-state index contributed by atoms with van der Waals surface area (Å²) in [5.41, 5.74) is 2.74. The fourth-order valence-corrected chi connectivity index (χ4v) is 3.98. The molecule has 1 aromatic carbocycles. The van der Waals surface area contributed by atoms with Gasteiger partial charge in [-0.3, -0.25) is 4.90 Å². The van der Waals surface area contributed by atoms with E-state index in [1.807, 2.05) is 0 Å². The summed E-state index contributed by atoms with van der Waals surface area (Å²) in [5.74, 6) is 0. The van der Waals surface area contributed by atoms with Gasteiger partial charge in [0.1, 0.15) is 0 Å². The molecule has 24 heavy (non-hydrogen) atoms. The van der Waals surface area contributed by atoms with Crippen LogP contribution in [-0.4, -0.2) is 66.9 Å². The highest BCUT2D eigenvalue weighted by molar-refractivity contribution is 5.31. The molecule has 2 atom stereocenters. The number of aliphatic hydroxyl groups is 1. The highest BCUT2D eigenvalue weighted by Crippen LogP contribution is 2.32. The van der Waals surface area contributed by atoms with Crippen molar-refractivity contribution in [1.29, 1.82) is 0 Å². The van der Waals surface area contributed by atoms with Gasteiger partial charge in [0.05, 0.1) is 18.8 Å². The second-order valence-electron chi connectivity index (χ2n) is 7.16. The molecule has 2 unspecified atom stereocenters. The van der Waals surface area contributed by atoms with E-state index in [0.717, 1.165) is 45.6 Å². The van der Waals surface area contributed by atoms with Crippen LogP contribution in [0.25, 0.3) is 0 Å². The zero-order valence-electron chi connectivity index (χ0n) is 15.0. The molecule has 4 nitrogen and oxygen atoms in total. The smallest absolute Gasteiger partial charge is 0.0900 e. The first-order valence-electron chi connectivity index (χ1n) is 9.58. The van der Waals surface area contributed by atoms with Gasteiger partial charge in [0.2, 0.25) is 0 Å². The molecule has 1 N–H and O–H groups in total. The summed E-state index contributed by atoms with van der Waals surface area (Å²) in [6.07, 6.45) is 4.35. The fraction of sp³-hybridized carbons (Fsp3) is 0.700. The third-order valence-corrected chi connectivity index (χ3v) is 5.40. The highest BCUT2D eigenvalue weighted by Gasteiger charge is 2.22. The van der Waals surface area contributed by atoms with Crippen LogP contribution in [0.5, 0.6) is 0 Å². The molecule has 1 aromatic rings. The number of aryl methyl sites for hydroxylation is 1. The van der Waals surface area contributed by atoms with Gasteiger partial charge in [-0.05, 0) is 56.4 Å². The van der Waals surface area contributed by atoms with E-state index in [-0.39, 0.29) is 6.10 Å². The molecule has 1 fully saturated rings. The van der Waals surface area contributed by atoms with Crippen molar-refractivity contribution in [2.75, 3.05) is 45.9 Å². The number of rotatable bonds is 6. The lowest BCUT2D eigenvalue weighted by Gasteiger charge is -2.28. The van der Waals surface area contributed by atoms with Crippen LogP contribution < -0.4 is 0 Å². The lowest BCUT2D eigenvalue weighted by Crippen LogP contribution is -2.38. The van der Waals surface area contributed by atoms with E-state index in [1.54, 1.807) is 0 Å². The number of benzene rings is 1. The molecule has 0 bridgehead atoms. The van der Waals surface area contributed by atoms with E-state index < -0.39 is 6.10 Å². The summed E-state index contributed by atoms with van der Waals surface area (Å²) < 4.78 is 6.10. The van der Waals surface area contributed by atoms with E-state index in [9.17, 15) is 5.11 Å². The summed E-state index contributed by atoms with van der Waals surface area (Å²) in [6.45, 7) is 8.94. The van der Waals surface area contributed by atoms with Gasteiger partial charge < -0.3 is 14.7 Å². The lowest BCUT2D eigenvalue weighted by molar-refractivity contribution is -0.0277. The van der Waals surface area contributed by atoms with Crippen molar-refractivity contribution in [1.82, 2.24) is 9.80 Å². The second-order valence-corrected chi connectivity index (χ2v) is 7.16. The van der Waals surface area contributed by atoms with Crippen LogP contribution in [0, 0.1) is 0 Å². The molecule has 4 heteroatoms. The minimum atomic E-state index is -0.396. The molecule has 1 aliphatic carbocycles. The van der Waals surface area contributed by atoms with Gasteiger partial charge in [-0.15, -0.1) is 0 Å². The number of aliphatic hydroxyl groups excluding tert-OH is 1. The monoisotopic (exact) mass is 332 g/mol. The first-order chi connectivity index (χ1) is 11.8. The van der Waals surface area contributed by atoms with Crippen molar-refractivity contribution < 1.29 is 9.84 Å². The van der Waals surface area contributed by atoms with Crippen LogP contribution in [0.1, 0.15) is 43.4 Å². The number of hydrogen-bond donors (Lipinski definition) is 1. The van der Waals surface area contributed by atoms with Crippen molar-refractivity contribution in [3.63, 3.8) is 0 Å². The summed E-state index contributed by atoms with van der Waals surface area (Å²) >= 11 is 0. The summed E-state index contributed by atoms with van der Waals surface area (Å²) in [5, 5.41) is 10.4. The number of fused-ring (bicyclic) bond motifs is 1. The molecule has 134 valence electrons. The Morgan fingerprint density at radius 2 is 1.92 bits per heavy atom. The van der Waals surface area contributed by atoms with Crippen molar-refractivity contribution >= 4 is 0 Å². The average molecular weight is 332 g/mol. The zero-order chi connectivity index (χ0) is 16.8. The predicted octanol–water partition coefficient (Wildman–Crippen LogP) is 2.47. The second kappa shape index (κ2) is 8.95. The van der Waals surface area contributed by atoms with Gasteiger partial charge in [-0.25, -0.2) is 0 Å². The van der Waals surface area contributed by atoms with Crippen LogP contribution in [0.3, 0.4) is 0 Å². The molecule has 3 rings (SSSR count). The van der Waals surface area contributed by atoms with Crippen LogP contribution in [0.4, 0.5) is 0 Å². The predicted molar refractivity (Wildman–Crippen MR) is 97.3 cm³/mol.